The number of aromatic nitrogens is 2. The molecule has 1 saturated heterocycles. The summed E-state index contributed by atoms with van der Waals surface area (Å²) in [6, 6.07) is 1.69. The van der Waals surface area contributed by atoms with Crippen molar-refractivity contribution in [2.45, 2.75) is 25.7 Å². The van der Waals surface area contributed by atoms with E-state index in [1.54, 1.807) is 24.3 Å². The van der Waals surface area contributed by atoms with Crippen molar-refractivity contribution in [2.75, 3.05) is 38.2 Å². The quantitative estimate of drug-likeness (QED) is 0.850. The van der Waals surface area contributed by atoms with E-state index in [0.717, 1.165) is 6.42 Å². The van der Waals surface area contributed by atoms with Crippen LogP contribution >= 0.6 is 0 Å². The smallest absolute Gasteiger partial charge is 0.310 e. The van der Waals surface area contributed by atoms with Crippen molar-refractivity contribution in [2.24, 2.45) is 5.41 Å². The normalized spacial score (nSPS) is 19.5. The van der Waals surface area contributed by atoms with Crippen molar-refractivity contribution in [1.82, 2.24) is 14.9 Å². The van der Waals surface area contributed by atoms with Gasteiger partial charge in [-0.05, 0) is 12.8 Å². The number of carboxylic acids is 1. The summed E-state index contributed by atoms with van der Waals surface area (Å²) in [6.45, 7) is 2.35. The average Bonchev–Trinajstić information content (AvgIpc) is 2.57. The lowest BCUT2D eigenvalue weighted by atomic mass is 9.66. The Bertz CT molecular complexity index is 624. The molecule has 8 nitrogen and oxygen atoms in total. The first kappa shape index (κ1) is 16.5. The Morgan fingerprint density at radius 1 is 1.29 bits per heavy atom. The van der Waals surface area contributed by atoms with Crippen molar-refractivity contribution in [1.29, 1.82) is 0 Å². The lowest BCUT2D eigenvalue weighted by Gasteiger charge is -2.40. The maximum absolute atomic E-state index is 12.4. The molecule has 1 N–H and O–H groups in total. The lowest BCUT2D eigenvalue weighted by Crippen LogP contribution is -2.51. The number of amides is 1. The Labute approximate surface area is 140 Å². The molecule has 2 aliphatic rings. The van der Waals surface area contributed by atoms with Gasteiger partial charge in [0.25, 0.3) is 0 Å². The van der Waals surface area contributed by atoms with Gasteiger partial charge >= 0.3 is 5.97 Å². The molecule has 24 heavy (non-hydrogen) atoms. The highest BCUT2D eigenvalue weighted by Gasteiger charge is 2.46. The van der Waals surface area contributed by atoms with Crippen LogP contribution in [0.4, 0.5) is 5.95 Å². The Kier molecular flexibility index (Phi) is 4.55. The molecule has 0 spiro atoms. The highest BCUT2D eigenvalue weighted by molar-refractivity contribution is 5.85. The topological polar surface area (TPSA) is 95.9 Å². The zero-order chi connectivity index (χ0) is 17.2. The number of aliphatic carboxylic acids is 1. The van der Waals surface area contributed by atoms with Crippen molar-refractivity contribution >= 4 is 17.8 Å². The molecule has 8 heteroatoms. The summed E-state index contributed by atoms with van der Waals surface area (Å²) in [4.78, 5) is 36.2. The molecule has 130 valence electrons. The van der Waals surface area contributed by atoms with E-state index in [4.69, 9.17) is 4.74 Å². The molecule has 0 radical (unpaired) electrons. The predicted octanol–water partition coefficient (Wildman–Crippen LogP) is 0.779. The van der Waals surface area contributed by atoms with E-state index in [9.17, 15) is 14.7 Å². The van der Waals surface area contributed by atoms with Gasteiger partial charge in [0, 0.05) is 44.9 Å². The number of hydrogen-bond acceptors (Lipinski definition) is 6. The Balaban J connectivity index is 1.56. The van der Waals surface area contributed by atoms with Gasteiger partial charge in [0.2, 0.25) is 17.7 Å². The monoisotopic (exact) mass is 334 g/mol. The third kappa shape index (κ3) is 3.13. The zero-order valence-corrected chi connectivity index (χ0v) is 13.8. The van der Waals surface area contributed by atoms with E-state index in [1.807, 2.05) is 4.90 Å². The van der Waals surface area contributed by atoms with E-state index in [0.29, 0.717) is 50.8 Å². The molecule has 3 rings (SSSR count). The van der Waals surface area contributed by atoms with Crippen LogP contribution in [-0.2, 0) is 9.59 Å². The summed E-state index contributed by atoms with van der Waals surface area (Å²) in [5, 5.41) is 9.36. The molecule has 0 aromatic carbocycles. The molecule has 0 unspecified atom stereocenters. The van der Waals surface area contributed by atoms with Gasteiger partial charge in [0.15, 0.2) is 0 Å². The molecular formula is C16H22N4O4. The van der Waals surface area contributed by atoms with Gasteiger partial charge < -0.3 is 19.6 Å². The van der Waals surface area contributed by atoms with Crippen LogP contribution in [0, 0.1) is 5.41 Å². The number of carboxylic acid groups (broad SMARTS) is 1. The summed E-state index contributed by atoms with van der Waals surface area (Å²) in [7, 11) is 1.56. The molecule has 1 aromatic rings. The summed E-state index contributed by atoms with van der Waals surface area (Å²) >= 11 is 0. The maximum atomic E-state index is 12.4. The molecular weight excluding hydrogens is 312 g/mol. The van der Waals surface area contributed by atoms with Crippen molar-refractivity contribution in [3.05, 3.63) is 12.3 Å². The highest BCUT2D eigenvalue weighted by atomic mass is 16.5. The second kappa shape index (κ2) is 6.62. The van der Waals surface area contributed by atoms with E-state index in [1.165, 1.54) is 0 Å². The van der Waals surface area contributed by atoms with Crippen LogP contribution in [0.1, 0.15) is 25.7 Å². The molecule has 2 fully saturated rings. The minimum atomic E-state index is -0.842. The number of carbonyl (C=O) groups is 2. The zero-order valence-electron chi connectivity index (χ0n) is 13.8. The first-order valence-electron chi connectivity index (χ1n) is 8.17. The van der Waals surface area contributed by atoms with E-state index in [2.05, 4.69) is 9.97 Å². The molecule has 0 bridgehead atoms. The largest absolute Gasteiger partial charge is 0.481 e. The molecule has 1 aliphatic carbocycles. The average molecular weight is 334 g/mol. The molecule has 0 atom stereocenters. The van der Waals surface area contributed by atoms with Gasteiger partial charge in [0.1, 0.15) is 0 Å². The molecule has 1 aliphatic heterocycles. The number of carbonyl (C=O) groups excluding carboxylic acids is 1. The summed E-state index contributed by atoms with van der Waals surface area (Å²) in [5.74, 6) is 0.183. The highest BCUT2D eigenvalue weighted by Crippen LogP contribution is 2.44. The van der Waals surface area contributed by atoms with Crippen molar-refractivity contribution < 1.29 is 19.4 Å². The van der Waals surface area contributed by atoms with Crippen LogP contribution in [-0.4, -0.2) is 65.1 Å². The van der Waals surface area contributed by atoms with Gasteiger partial charge in [-0.2, -0.15) is 4.98 Å². The lowest BCUT2D eigenvalue weighted by molar-refractivity contribution is -0.159. The van der Waals surface area contributed by atoms with Crippen LogP contribution in [0.3, 0.4) is 0 Å². The summed E-state index contributed by atoms with van der Waals surface area (Å²) in [5.41, 5.74) is -0.829. The van der Waals surface area contributed by atoms with Crippen LogP contribution in [0.25, 0.3) is 0 Å². The maximum Gasteiger partial charge on any atom is 0.310 e. The van der Waals surface area contributed by atoms with Crippen LogP contribution in [0.2, 0.25) is 0 Å². The Morgan fingerprint density at radius 3 is 2.54 bits per heavy atom. The number of methoxy groups -OCH3 is 1. The number of rotatable bonds is 5. The Morgan fingerprint density at radius 2 is 2.00 bits per heavy atom. The molecule has 2 heterocycles. The van der Waals surface area contributed by atoms with E-state index < -0.39 is 11.4 Å². The fourth-order valence-electron chi connectivity index (χ4n) is 3.23. The third-order valence-corrected chi connectivity index (χ3v) is 5.00. The van der Waals surface area contributed by atoms with E-state index >= 15 is 0 Å². The van der Waals surface area contributed by atoms with Crippen LogP contribution in [0.15, 0.2) is 12.3 Å². The molecule has 1 amide bonds. The van der Waals surface area contributed by atoms with Gasteiger partial charge in [-0.15, -0.1) is 0 Å². The standard InChI is InChI=1S/C16H22N4O4/c1-24-12-3-6-17-15(18-12)20-9-7-19(8-10-20)13(21)11-16(14(22)23)4-2-5-16/h3,6H,2,4-5,7-11H2,1H3,(H,22,23). The van der Waals surface area contributed by atoms with Crippen molar-refractivity contribution in [3.8, 4) is 5.88 Å². The third-order valence-electron chi connectivity index (χ3n) is 5.00. The second-order valence-electron chi connectivity index (χ2n) is 6.38. The summed E-state index contributed by atoms with van der Waals surface area (Å²) in [6.07, 6.45) is 3.85. The van der Waals surface area contributed by atoms with Gasteiger partial charge in [-0.25, -0.2) is 4.98 Å². The minimum absolute atomic E-state index is 0.0664. The predicted molar refractivity (Wildman–Crippen MR) is 85.9 cm³/mol. The SMILES string of the molecule is COc1ccnc(N2CCN(C(=O)CC3(C(=O)O)CCC3)CC2)n1. The number of hydrogen-bond donors (Lipinski definition) is 1. The number of nitrogens with zero attached hydrogens (tertiary/aromatic N) is 4. The van der Waals surface area contributed by atoms with Gasteiger partial charge in [0.05, 0.1) is 12.5 Å². The second-order valence-corrected chi connectivity index (χ2v) is 6.38. The van der Waals surface area contributed by atoms with Gasteiger partial charge in [-0.1, -0.05) is 6.42 Å². The number of piperazine rings is 1. The number of anilines is 1. The molecule has 1 saturated carbocycles. The fourth-order valence-corrected chi connectivity index (χ4v) is 3.23. The minimum Gasteiger partial charge on any atom is -0.481 e. The molecule has 1 aromatic heterocycles. The Hall–Kier alpha value is -2.38. The van der Waals surface area contributed by atoms with Crippen LogP contribution in [0.5, 0.6) is 5.88 Å². The number of ether oxygens (including phenoxy) is 1. The van der Waals surface area contributed by atoms with Gasteiger partial charge in [-0.3, -0.25) is 9.59 Å². The van der Waals surface area contributed by atoms with Crippen LogP contribution < -0.4 is 9.64 Å². The first-order chi connectivity index (χ1) is 11.5. The fraction of sp³-hybridized carbons (Fsp3) is 0.625. The first-order valence-corrected chi connectivity index (χ1v) is 8.17. The van der Waals surface area contributed by atoms with E-state index in [-0.39, 0.29) is 12.3 Å². The van der Waals surface area contributed by atoms with Crippen molar-refractivity contribution in [3.63, 3.8) is 0 Å². The summed E-state index contributed by atoms with van der Waals surface area (Å²) < 4.78 is 5.10.